The molecular formula is C18H23IN6O2. The van der Waals surface area contributed by atoms with Crippen molar-refractivity contribution in [2.45, 2.75) is 12.5 Å². The number of aromatic nitrogens is 2. The summed E-state index contributed by atoms with van der Waals surface area (Å²) in [6.07, 6.45) is 5.90. The number of halogens is 1. The van der Waals surface area contributed by atoms with Crippen LogP contribution in [0.4, 0.5) is 5.69 Å². The van der Waals surface area contributed by atoms with Gasteiger partial charge >= 0.3 is 0 Å². The lowest BCUT2D eigenvalue weighted by atomic mass is 10.3. The van der Waals surface area contributed by atoms with Crippen LogP contribution in [0.5, 0.6) is 5.88 Å². The van der Waals surface area contributed by atoms with Gasteiger partial charge in [0, 0.05) is 38.5 Å². The zero-order chi connectivity index (χ0) is 18.2. The van der Waals surface area contributed by atoms with E-state index in [0.717, 1.165) is 13.0 Å². The molecule has 1 aliphatic rings. The molecule has 0 radical (unpaired) electrons. The number of aliphatic imine (C=N–C) groups is 1. The molecule has 0 saturated carbocycles. The number of carbonyl (C=O) groups excluding carboxylic acids is 1. The average Bonchev–Trinajstić information content (AvgIpc) is 3.12. The molecule has 27 heavy (non-hydrogen) atoms. The molecule has 2 N–H and O–H groups in total. The molecule has 2 aromatic rings. The number of amides is 1. The lowest BCUT2D eigenvalue weighted by Gasteiger charge is -2.21. The summed E-state index contributed by atoms with van der Waals surface area (Å²) in [6, 6.07) is 9.17. The number of nitrogens with one attached hydrogen (secondary N) is 2. The second-order valence-corrected chi connectivity index (χ2v) is 5.83. The van der Waals surface area contributed by atoms with Gasteiger partial charge in [-0.05, 0) is 18.2 Å². The Bertz CT molecular complexity index is 744. The second-order valence-electron chi connectivity index (χ2n) is 5.83. The highest BCUT2D eigenvalue weighted by Gasteiger charge is 2.26. The molecule has 0 aromatic carbocycles. The number of hydrogen-bond donors (Lipinski definition) is 2. The minimum absolute atomic E-state index is 0. The van der Waals surface area contributed by atoms with E-state index >= 15 is 0 Å². The van der Waals surface area contributed by atoms with E-state index in [2.05, 4.69) is 30.5 Å². The van der Waals surface area contributed by atoms with Crippen LogP contribution in [0.25, 0.3) is 0 Å². The number of nitrogens with zero attached hydrogens (tertiary/aromatic N) is 4. The summed E-state index contributed by atoms with van der Waals surface area (Å²) in [5, 5.41) is 5.87. The number of anilines is 1. The van der Waals surface area contributed by atoms with Crippen LogP contribution in [-0.4, -0.2) is 59.5 Å². The third-order valence-electron chi connectivity index (χ3n) is 3.93. The van der Waals surface area contributed by atoms with Gasteiger partial charge in [-0.1, -0.05) is 6.07 Å². The third-order valence-corrected chi connectivity index (χ3v) is 3.93. The molecular weight excluding hydrogens is 459 g/mol. The van der Waals surface area contributed by atoms with E-state index in [1.165, 1.54) is 0 Å². The molecule has 1 saturated heterocycles. The number of pyridine rings is 2. The first-order valence-corrected chi connectivity index (χ1v) is 8.48. The molecule has 1 aliphatic heterocycles. The highest BCUT2D eigenvalue weighted by atomic mass is 127. The van der Waals surface area contributed by atoms with E-state index in [1.807, 2.05) is 18.2 Å². The Morgan fingerprint density at radius 1 is 1.33 bits per heavy atom. The first-order valence-electron chi connectivity index (χ1n) is 8.48. The predicted molar refractivity (Wildman–Crippen MR) is 114 cm³/mol. The van der Waals surface area contributed by atoms with Crippen molar-refractivity contribution in [2.75, 3.05) is 32.0 Å². The van der Waals surface area contributed by atoms with Crippen LogP contribution >= 0.6 is 24.0 Å². The van der Waals surface area contributed by atoms with Crippen molar-refractivity contribution in [3.05, 3.63) is 48.9 Å². The summed E-state index contributed by atoms with van der Waals surface area (Å²) in [5.74, 6) is 1.15. The second kappa shape index (κ2) is 10.7. The summed E-state index contributed by atoms with van der Waals surface area (Å²) in [4.78, 5) is 26.5. The fraction of sp³-hybridized carbons (Fsp3) is 0.333. The van der Waals surface area contributed by atoms with Gasteiger partial charge in [0.2, 0.25) is 11.8 Å². The SMILES string of the molecule is CN=C(NCC(=O)Nc1cccnc1)N1CCC(Oc2ccccn2)C1.I. The molecule has 3 rings (SSSR count). The zero-order valence-electron chi connectivity index (χ0n) is 15.0. The number of ether oxygens (including phenoxy) is 1. The monoisotopic (exact) mass is 482 g/mol. The van der Waals surface area contributed by atoms with Crippen molar-refractivity contribution >= 4 is 41.5 Å². The highest BCUT2D eigenvalue weighted by Crippen LogP contribution is 2.16. The predicted octanol–water partition coefficient (Wildman–Crippen LogP) is 1.76. The number of guanidine groups is 1. The van der Waals surface area contributed by atoms with Gasteiger partial charge in [-0.25, -0.2) is 4.98 Å². The first kappa shape index (κ1) is 20.9. The summed E-state index contributed by atoms with van der Waals surface area (Å²) < 4.78 is 5.88. The minimum Gasteiger partial charge on any atom is -0.472 e. The van der Waals surface area contributed by atoms with Gasteiger partial charge in [-0.15, -0.1) is 24.0 Å². The van der Waals surface area contributed by atoms with E-state index in [4.69, 9.17) is 4.74 Å². The fourth-order valence-corrected chi connectivity index (χ4v) is 2.74. The summed E-state index contributed by atoms with van der Waals surface area (Å²) in [7, 11) is 1.70. The third kappa shape index (κ3) is 6.35. The van der Waals surface area contributed by atoms with Crippen LogP contribution in [0.15, 0.2) is 53.9 Å². The molecule has 0 aliphatic carbocycles. The smallest absolute Gasteiger partial charge is 0.243 e. The van der Waals surface area contributed by atoms with E-state index in [1.54, 1.807) is 37.8 Å². The Balaban J connectivity index is 0.00000261. The first-order chi connectivity index (χ1) is 12.7. The molecule has 2 aromatic heterocycles. The largest absolute Gasteiger partial charge is 0.472 e. The van der Waals surface area contributed by atoms with Gasteiger partial charge in [0.25, 0.3) is 0 Å². The van der Waals surface area contributed by atoms with Crippen molar-refractivity contribution < 1.29 is 9.53 Å². The van der Waals surface area contributed by atoms with Crippen molar-refractivity contribution in [1.82, 2.24) is 20.2 Å². The van der Waals surface area contributed by atoms with E-state index in [-0.39, 0.29) is 42.5 Å². The molecule has 3 heterocycles. The maximum absolute atomic E-state index is 12.0. The summed E-state index contributed by atoms with van der Waals surface area (Å²) in [6.45, 7) is 1.63. The minimum atomic E-state index is -0.153. The Morgan fingerprint density at radius 3 is 2.93 bits per heavy atom. The number of hydrogen-bond acceptors (Lipinski definition) is 5. The molecule has 0 spiro atoms. The van der Waals surface area contributed by atoms with Crippen LogP contribution in [0.3, 0.4) is 0 Å². The Hall–Kier alpha value is -2.43. The zero-order valence-corrected chi connectivity index (χ0v) is 17.4. The Kier molecular flexibility index (Phi) is 8.24. The van der Waals surface area contributed by atoms with E-state index < -0.39 is 0 Å². The standard InChI is InChI=1S/C18H22N6O2.HI/c1-19-18(22-12-16(25)23-14-5-4-8-20-11-14)24-10-7-15(13-24)26-17-6-2-3-9-21-17;/h2-6,8-9,11,15H,7,10,12-13H2,1H3,(H,19,22)(H,23,25);1H. The molecule has 1 fully saturated rings. The van der Waals surface area contributed by atoms with Gasteiger partial charge in [0.15, 0.2) is 5.96 Å². The molecule has 1 amide bonds. The maximum atomic E-state index is 12.0. The molecule has 8 nitrogen and oxygen atoms in total. The average molecular weight is 482 g/mol. The van der Waals surface area contributed by atoms with Crippen molar-refractivity contribution in [3.63, 3.8) is 0 Å². The van der Waals surface area contributed by atoms with Gasteiger partial charge in [-0.3, -0.25) is 14.8 Å². The van der Waals surface area contributed by atoms with Crippen LogP contribution in [-0.2, 0) is 4.79 Å². The fourth-order valence-electron chi connectivity index (χ4n) is 2.74. The van der Waals surface area contributed by atoms with Gasteiger partial charge in [0.05, 0.1) is 25.0 Å². The van der Waals surface area contributed by atoms with Crippen LogP contribution in [0, 0.1) is 0 Å². The highest BCUT2D eigenvalue weighted by molar-refractivity contribution is 14.0. The molecule has 1 atom stereocenters. The topological polar surface area (TPSA) is 91.7 Å². The maximum Gasteiger partial charge on any atom is 0.243 e. The molecule has 9 heteroatoms. The summed E-state index contributed by atoms with van der Waals surface area (Å²) >= 11 is 0. The van der Waals surface area contributed by atoms with Crippen molar-refractivity contribution in [1.29, 1.82) is 0 Å². The van der Waals surface area contributed by atoms with Gasteiger partial charge in [-0.2, -0.15) is 0 Å². The van der Waals surface area contributed by atoms with Crippen LogP contribution in [0.1, 0.15) is 6.42 Å². The van der Waals surface area contributed by atoms with Crippen LogP contribution < -0.4 is 15.4 Å². The van der Waals surface area contributed by atoms with Gasteiger partial charge in [0.1, 0.15) is 6.10 Å². The number of rotatable bonds is 5. The molecule has 0 bridgehead atoms. The molecule has 144 valence electrons. The van der Waals surface area contributed by atoms with E-state index in [0.29, 0.717) is 24.1 Å². The number of likely N-dealkylation sites (tertiary alicyclic amines) is 1. The Morgan fingerprint density at radius 2 is 2.22 bits per heavy atom. The molecule has 1 unspecified atom stereocenters. The quantitative estimate of drug-likeness (QED) is 0.384. The normalized spacial score (nSPS) is 16.4. The van der Waals surface area contributed by atoms with Crippen molar-refractivity contribution in [3.8, 4) is 5.88 Å². The Labute approximate surface area is 175 Å². The lowest BCUT2D eigenvalue weighted by Crippen LogP contribution is -2.43. The lowest BCUT2D eigenvalue weighted by molar-refractivity contribution is -0.115. The number of carbonyl (C=O) groups is 1. The van der Waals surface area contributed by atoms with Crippen molar-refractivity contribution in [2.24, 2.45) is 4.99 Å². The van der Waals surface area contributed by atoms with E-state index in [9.17, 15) is 4.79 Å². The van der Waals surface area contributed by atoms with Gasteiger partial charge < -0.3 is 20.3 Å². The van der Waals surface area contributed by atoms with Crippen LogP contribution in [0.2, 0.25) is 0 Å². The summed E-state index contributed by atoms with van der Waals surface area (Å²) in [5.41, 5.74) is 0.666.